The van der Waals surface area contributed by atoms with Crippen LogP contribution >= 0.6 is 0 Å². The highest BCUT2D eigenvalue weighted by molar-refractivity contribution is 5.73. The van der Waals surface area contributed by atoms with Gasteiger partial charge in [0.1, 0.15) is 5.52 Å². The molecule has 0 aliphatic heterocycles. The lowest BCUT2D eigenvalue weighted by atomic mass is 9.96. The monoisotopic (exact) mass is 250 g/mol. The number of hydrogen-bond donors (Lipinski definition) is 0. The van der Waals surface area contributed by atoms with Crippen LogP contribution in [0.1, 0.15) is 24.1 Å². The Balaban J connectivity index is 1.94. The van der Waals surface area contributed by atoms with Gasteiger partial charge in [0.15, 0.2) is 0 Å². The van der Waals surface area contributed by atoms with E-state index in [1.54, 1.807) is 0 Å². The standard InChI is InChI=1S/C15H14N4/c1-2-7-12(8-3-1)19-14-10-11-6-4-5-9-13(11)16-15(14)17-18-19/h1-3,7-8,10H,4-6,9H2. The van der Waals surface area contributed by atoms with E-state index in [1.807, 2.05) is 35.0 Å². The number of rotatable bonds is 1. The van der Waals surface area contributed by atoms with Crippen LogP contribution < -0.4 is 0 Å². The van der Waals surface area contributed by atoms with Crippen molar-refractivity contribution in [1.29, 1.82) is 0 Å². The van der Waals surface area contributed by atoms with Crippen molar-refractivity contribution in [2.24, 2.45) is 0 Å². The second-order valence-corrected chi connectivity index (χ2v) is 4.98. The van der Waals surface area contributed by atoms with Gasteiger partial charge in [-0.05, 0) is 49.4 Å². The maximum atomic E-state index is 4.67. The highest BCUT2D eigenvalue weighted by Gasteiger charge is 2.15. The summed E-state index contributed by atoms with van der Waals surface area (Å²) in [6, 6.07) is 12.3. The van der Waals surface area contributed by atoms with Gasteiger partial charge in [0.05, 0.1) is 5.69 Å². The number of para-hydroxylation sites is 1. The van der Waals surface area contributed by atoms with E-state index in [0.717, 1.165) is 29.7 Å². The topological polar surface area (TPSA) is 43.6 Å². The molecule has 4 rings (SSSR count). The van der Waals surface area contributed by atoms with E-state index in [0.29, 0.717) is 0 Å². The zero-order valence-corrected chi connectivity index (χ0v) is 10.6. The molecule has 94 valence electrons. The largest absolute Gasteiger partial charge is 0.230 e. The Morgan fingerprint density at radius 1 is 1.00 bits per heavy atom. The number of pyridine rings is 1. The van der Waals surface area contributed by atoms with Crippen LogP contribution in [0.15, 0.2) is 36.4 Å². The minimum absolute atomic E-state index is 0.754. The molecule has 0 saturated heterocycles. The summed E-state index contributed by atoms with van der Waals surface area (Å²) in [5, 5.41) is 8.45. The van der Waals surface area contributed by atoms with Crippen LogP contribution in [0.4, 0.5) is 0 Å². The van der Waals surface area contributed by atoms with Gasteiger partial charge in [-0.15, -0.1) is 5.10 Å². The number of fused-ring (bicyclic) bond motifs is 2. The van der Waals surface area contributed by atoms with Crippen LogP contribution in [0.3, 0.4) is 0 Å². The predicted octanol–water partition coefficient (Wildman–Crippen LogP) is 2.69. The summed E-state index contributed by atoms with van der Waals surface area (Å²) in [6.45, 7) is 0. The fourth-order valence-corrected chi connectivity index (χ4v) is 2.74. The summed E-state index contributed by atoms with van der Waals surface area (Å²) < 4.78 is 1.87. The van der Waals surface area contributed by atoms with Crippen LogP contribution in [-0.2, 0) is 12.8 Å². The second-order valence-electron chi connectivity index (χ2n) is 4.98. The van der Waals surface area contributed by atoms with E-state index in [-0.39, 0.29) is 0 Å². The summed E-state index contributed by atoms with van der Waals surface area (Å²) in [4.78, 5) is 4.67. The Morgan fingerprint density at radius 2 is 1.84 bits per heavy atom. The van der Waals surface area contributed by atoms with Crippen LogP contribution in [0.5, 0.6) is 0 Å². The molecule has 1 aliphatic carbocycles. The molecular weight excluding hydrogens is 236 g/mol. The third-order valence-electron chi connectivity index (χ3n) is 3.72. The molecule has 4 nitrogen and oxygen atoms in total. The molecule has 19 heavy (non-hydrogen) atoms. The highest BCUT2D eigenvalue weighted by Crippen LogP contribution is 2.24. The van der Waals surface area contributed by atoms with Crippen LogP contribution in [0, 0.1) is 0 Å². The van der Waals surface area contributed by atoms with Crippen molar-refractivity contribution in [2.45, 2.75) is 25.7 Å². The Labute approximate surface area is 111 Å². The highest BCUT2D eigenvalue weighted by atomic mass is 15.4. The zero-order valence-electron chi connectivity index (χ0n) is 10.6. The minimum atomic E-state index is 0.754. The Kier molecular flexibility index (Phi) is 2.33. The molecule has 4 heteroatoms. The third kappa shape index (κ3) is 1.71. The first-order valence-corrected chi connectivity index (χ1v) is 6.71. The van der Waals surface area contributed by atoms with Crippen molar-refractivity contribution in [3.8, 4) is 5.69 Å². The molecule has 0 N–H and O–H groups in total. The lowest BCUT2D eigenvalue weighted by Crippen LogP contribution is -2.06. The average molecular weight is 250 g/mol. The van der Waals surface area contributed by atoms with E-state index >= 15 is 0 Å². The van der Waals surface area contributed by atoms with Crippen LogP contribution in [0.25, 0.3) is 16.9 Å². The Hall–Kier alpha value is -2.23. The number of aryl methyl sites for hydroxylation is 2. The Bertz CT molecular complexity index is 730. The number of benzene rings is 1. The van der Waals surface area contributed by atoms with Crippen molar-refractivity contribution in [2.75, 3.05) is 0 Å². The van der Waals surface area contributed by atoms with E-state index < -0.39 is 0 Å². The van der Waals surface area contributed by atoms with Crippen molar-refractivity contribution in [3.05, 3.63) is 47.7 Å². The van der Waals surface area contributed by atoms with Gasteiger partial charge in [-0.1, -0.05) is 23.4 Å². The average Bonchev–Trinajstić information content (AvgIpc) is 2.88. The quantitative estimate of drug-likeness (QED) is 0.667. The number of nitrogens with zero attached hydrogens (tertiary/aromatic N) is 4. The van der Waals surface area contributed by atoms with Gasteiger partial charge in [-0.2, -0.15) is 0 Å². The first-order chi connectivity index (χ1) is 9.42. The summed E-state index contributed by atoms with van der Waals surface area (Å²) in [5.74, 6) is 0. The van der Waals surface area contributed by atoms with Crippen molar-refractivity contribution in [3.63, 3.8) is 0 Å². The van der Waals surface area contributed by atoms with Gasteiger partial charge in [0.25, 0.3) is 0 Å². The van der Waals surface area contributed by atoms with Crippen LogP contribution in [-0.4, -0.2) is 20.0 Å². The maximum absolute atomic E-state index is 4.67. The molecule has 0 bridgehead atoms. The molecule has 0 spiro atoms. The molecule has 1 aliphatic rings. The van der Waals surface area contributed by atoms with E-state index in [9.17, 15) is 0 Å². The SMILES string of the molecule is c1ccc(-n2nnc3nc4c(cc32)CCCC4)cc1. The molecule has 0 saturated carbocycles. The first-order valence-electron chi connectivity index (χ1n) is 6.71. The van der Waals surface area contributed by atoms with Gasteiger partial charge in [-0.3, -0.25) is 0 Å². The minimum Gasteiger partial charge on any atom is -0.230 e. The van der Waals surface area contributed by atoms with Crippen molar-refractivity contribution >= 4 is 11.2 Å². The molecule has 0 fully saturated rings. The molecule has 0 unspecified atom stereocenters. The molecule has 2 aromatic heterocycles. The summed E-state index contributed by atoms with van der Waals surface area (Å²) >= 11 is 0. The van der Waals surface area contributed by atoms with Crippen LogP contribution in [0.2, 0.25) is 0 Å². The number of aromatic nitrogens is 4. The smallest absolute Gasteiger partial charge is 0.202 e. The fraction of sp³-hybridized carbons (Fsp3) is 0.267. The van der Waals surface area contributed by atoms with Gasteiger partial charge in [0, 0.05) is 5.69 Å². The fourth-order valence-electron chi connectivity index (χ4n) is 2.74. The third-order valence-corrected chi connectivity index (χ3v) is 3.72. The molecule has 1 aromatic carbocycles. The molecular formula is C15H14N4. The molecule has 0 radical (unpaired) electrons. The molecule has 0 amide bonds. The van der Waals surface area contributed by atoms with Gasteiger partial charge in [0.2, 0.25) is 5.65 Å². The second kappa shape index (κ2) is 4.16. The van der Waals surface area contributed by atoms with E-state index in [2.05, 4.69) is 21.4 Å². The maximum Gasteiger partial charge on any atom is 0.202 e. The molecule has 2 heterocycles. The molecule has 3 aromatic rings. The van der Waals surface area contributed by atoms with E-state index in [4.69, 9.17) is 0 Å². The lowest BCUT2D eigenvalue weighted by Gasteiger charge is -2.14. The summed E-state index contributed by atoms with van der Waals surface area (Å²) in [7, 11) is 0. The summed E-state index contributed by atoms with van der Waals surface area (Å²) in [5.41, 5.74) is 5.36. The van der Waals surface area contributed by atoms with Gasteiger partial charge >= 0.3 is 0 Å². The van der Waals surface area contributed by atoms with Gasteiger partial charge < -0.3 is 0 Å². The Morgan fingerprint density at radius 3 is 2.74 bits per heavy atom. The summed E-state index contributed by atoms with van der Waals surface area (Å²) in [6.07, 6.45) is 4.69. The zero-order chi connectivity index (χ0) is 12.7. The van der Waals surface area contributed by atoms with E-state index in [1.165, 1.54) is 24.1 Å². The normalized spacial score (nSPS) is 14.5. The van der Waals surface area contributed by atoms with Crippen molar-refractivity contribution in [1.82, 2.24) is 20.0 Å². The number of hydrogen-bond acceptors (Lipinski definition) is 3. The molecule has 0 atom stereocenters. The first kappa shape index (κ1) is 10.7. The lowest BCUT2D eigenvalue weighted by molar-refractivity contribution is 0.670. The van der Waals surface area contributed by atoms with Gasteiger partial charge in [-0.25, -0.2) is 9.67 Å². The predicted molar refractivity (Wildman–Crippen MR) is 73.3 cm³/mol. The van der Waals surface area contributed by atoms with Crippen molar-refractivity contribution < 1.29 is 0 Å².